The smallest absolute Gasteiger partial charge is 0 e. The van der Waals surface area contributed by atoms with Crippen molar-refractivity contribution in [3.8, 4) is 0 Å². The van der Waals surface area contributed by atoms with Crippen LogP contribution in [-0.2, 0) is 16.5 Å². The van der Waals surface area contributed by atoms with Gasteiger partial charge in [-0.25, -0.2) is 0 Å². The SMILES string of the molecule is [CH2-]CCCC.[Ni]. The summed E-state index contributed by atoms with van der Waals surface area (Å²) >= 11 is 0. The average Bonchev–Trinajstić information content (AvgIpc) is 1.41. The van der Waals surface area contributed by atoms with Crippen molar-refractivity contribution in [2.24, 2.45) is 0 Å². The molecule has 0 fully saturated rings. The molecule has 0 saturated carbocycles. The molecular weight excluding hydrogens is 119 g/mol. The molecular formula is C5H11Ni-. The fraction of sp³-hybridized carbons (Fsp3) is 0.800. The first kappa shape index (κ1) is 9.71. The van der Waals surface area contributed by atoms with Crippen LogP contribution in [-0.4, -0.2) is 0 Å². The molecule has 0 aromatic rings. The Bertz CT molecular complexity index is 11.4. The molecule has 0 amide bonds. The predicted molar refractivity (Wildman–Crippen MR) is 24.9 cm³/mol. The summed E-state index contributed by atoms with van der Waals surface area (Å²) < 4.78 is 0. The van der Waals surface area contributed by atoms with Crippen LogP contribution in [0.25, 0.3) is 0 Å². The van der Waals surface area contributed by atoms with Crippen LogP contribution in [0.15, 0.2) is 0 Å². The normalized spacial score (nSPS) is 7.00. The van der Waals surface area contributed by atoms with Crippen molar-refractivity contribution in [2.75, 3.05) is 0 Å². The molecule has 1 heteroatoms. The van der Waals surface area contributed by atoms with Crippen LogP contribution < -0.4 is 0 Å². The van der Waals surface area contributed by atoms with Crippen LogP contribution in [0.2, 0.25) is 0 Å². The molecule has 0 radical (unpaired) electrons. The number of rotatable bonds is 2. The number of hydrogen-bond donors (Lipinski definition) is 0. The van der Waals surface area contributed by atoms with Gasteiger partial charge in [0.05, 0.1) is 0 Å². The monoisotopic (exact) mass is 129 g/mol. The van der Waals surface area contributed by atoms with Gasteiger partial charge in [-0.3, -0.25) is 0 Å². The summed E-state index contributed by atoms with van der Waals surface area (Å²) in [4.78, 5) is 0. The first-order chi connectivity index (χ1) is 2.41. The molecule has 0 nitrogen and oxygen atoms in total. The van der Waals surface area contributed by atoms with Crippen molar-refractivity contribution >= 4 is 0 Å². The Balaban J connectivity index is 0. The molecule has 0 atom stereocenters. The molecule has 0 aliphatic heterocycles. The molecule has 0 heterocycles. The molecule has 0 unspecified atom stereocenters. The topological polar surface area (TPSA) is 0 Å². The van der Waals surface area contributed by atoms with Gasteiger partial charge in [0, 0.05) is 16.5 Å². The minimum Gasteiger partial charge on any atom is -0.343 e. The van der Waals surface area contributed by atoms with E-state index in [-0.39, 0.29) is 16.5 Å². The van der Waals surface area contributed by atoms with E-state index in [1.54, 1.807) is 0 Å². The van der Waals surface area contributed by atoms with Gasteiger partial charge < -0.3 is 6.92 Å². The quantitative estimate of drug-likeness (QED) is 0.396. The largest absolute Gasteiger partial charge is 0.343 e. The Morgan fingerprint density at radius 1 is 1.50 bits per heavy atom. The first-order valence-corrected chi connectivity index (χ1v) is 2.21. The van der Waals surface area contributed by atoms with Gasteiger partial charge >= 0.3 is 0 Å². The maximum absolute atomic E-state index is 3.68. The Morgan fingerprint density at radius 2 is 2.00 bits per heavy atom. The molecule has 0 saturated heterocycles. The number of unbranched alkanes of at least 4 members (excludes halogenated alkanes) is 2. The Kier molecular flexibility index (Phi) is 14.7. The van der Waals surface area contributed by atoms with Gasteiger partial charge in [0.2, 0.25) is 0 Å². The third kappa shape index (κ3) is 8.82. The van der Waals surface area contributed by atoms with E-state index in [1.807, 2.05) is 0 Å². The van der Waals surface area contributed by atoms with E-state index in [2.05, 4.69) is 13.8 Å². The molecule has 6 heavy (non-hydrogen) atoms. The van der Waals surface area contributed by atoms with Gasteiger partial charge in [0.1, 0.15) is 0 Å². The van der Waals surface area contributed by atoms with Crippen molar-refractivity contribution < 1.29 is 16.5 Å². The van der Waals surface area contributed by atoms with E-state index in [9.17, 15) is 0 Å². The van der Waals surface area contributed by atoms with E-state index < -0.39 is 0 Å². The maximum atomic E-state index is 3.68. The Labute approximate surface area is 50.2 Å². The second-order valence-electron chi connectivity index (χ2n) is 1.21. The van der Waals surface area contributed by atoms with Crippen LogP contribution in [0.1, 0.15) is 26.2 Å². The van der Waals surface area contributed by atoms with Crippen molar-refractivity contribution in [1.29, 1.82) is 0 Å². The minimum atomic E-state index is 0. The summed E-state index contributed by atoms with van der Waals surface area (Å²) in [7, 11) is 0. The zero-order valence-electron chi connectivity index (χ0n) is 4.14. The zero-order valence-corrected chi connectivity index (χ0v) is 5.13. The summed E-state index contributed by atoms with van der Waals surface area (Å²) in [5, 5.41) is 0. The average molecular weight is 130 g/mol. The van der Waals surface area contributed by atoms with Gasteiger partial charge in [0.15, 0.2) is 0 Å². The summed E-state index contributed by atoms with van der Waals surface area (Å²) in [6.07, 6.45) is 3.65. The van der Waals surface area contributed by atoms with E-state index in [4.69, 9.17) is 0 Å². The molecule has 0 aliphatic carbocycles. The summed E-state index contributed by atoms with van der Waals surface area (Å²) in [5.41, 5.74) is 0. The molecule has 0 N–H and O–H groups in total. The van der Waals surface area contributed by atoms with Crippen molar-refractivity contribution in [2.45, 2.75) is 26.2 Å². The molecule has 0 aromatic carbocycles. The molecule has 42 valence electrons. The zero-order chi connectivity index (χ0) is 4.12. The van der Waals surface area contributed by atoms with Gasteiger partial charge in [-0.05, 0) is 0 Å². The van der Waals surface area contributed by atoms with Crippen molar-refractivity contribution in [1.82, 2.24) is 0 Å². The fourth-order valence-electron chi connectivity index (χ4n) is 0.250. The third-order valence-electron chi connectivity index (χ3n) is 0.604. The van der Waals surface area contributed by atoms with Crippen LogP contribution in [0, 0.1) is 6.92 Å². The van der Waals surface area contributed by atoms with Gasteiger partial charge in [-0.2, -0.15) is 6.42 Å². The van der Waals surface area contributed by atoms with E-state index in [0.29, 0.717) is 0 Å². The van der Waals surface area contributed by atoms with Gasteiger partial charge in [0.25, 0.3) is 0 Å². The Morgan fingerprint density at radius 3 is 2.00 bits per heavy atom. The van der Waals surface area contributed by atoms with E-state index >= 15 is 0 Å². The fourth-order valence-corrected chi connectivity index (χ4v) is 0.250. The number of hydrogen-bond acceptors (Lipinski definition) is 0. The molecule has 0 bridgehead atoms. The summed E-state index contributed by atoms with van der Waals surface area (Å²) in [5.74, 6) is 0. The predicted octanol–water partition coefficient (Wildman–Crippen LogP) is 2.01. The molecule has 0 aliphatic rings. The third-order valence-corrected chi connectivity index (χ3v) is 0.604. The van der Waals surface area contributed by atoms with Crippen LogP contribution in [0.4, 0.5) is 0 Å². The van der Waals surface area contributed by atoms with E-state index in [1.165, 1.54) is 12.8 Å². The van der Waals surface area contributed by atoms with Gasteiger partial charge in [-0.15, -0.1) is 0 Å². The van der Waals surface area contributed by atoms with Crippen LogP contribution in [0.5, 0.6) is 0 Å². The second kappa shape index (κ2) is 9.09. The maximum Gasteiger partial charge on any atom is 0 e. The van der Waals surface area contributed by atoms with Crippen LogP contribution in [0.3, 0.4) is 0 Å². The van der Waals surface area contributed by atoms with E-state index in [0.717, 1.165) is 6.42 Å². The summed E-state index contributed by atoms with van der Waals surface area (Å²) in [6, 6.07) is 0. The van der Waals surface area contributed by atoms with Gasteiger partial charge in [-0.1, -0.05) is 19.8 Å². The van der Waals surface area contributed by atoms with Crippen molar-refractivity contribution in [3.05, 3.63) is 6.92 Å². The second-order valence-corrected chi connectivity index (χ2v) is 1.21. The summed E-state index contributed by atoms with van der Waals surface area (Å²) in [6.45, 7) is 5.85. The standard InChI is InChI=1S/C5H11.Ni/c1-3-5-4-2;/h1,3-5H2,2H3;/q-1;. The van der Waals surface area contributed by atoms with Crippen molar-refractivity contribution in [3.63, 3.8) is 0 Å². The molecule has 0 aromatic heterocycles. The Hall–Kier alpha value is 0.494. The molecule has 0 spiro atoms. The molecule has 0 rings (SSSR count). The van der Waals surface area contributed by atoms with Crippen LogP contribution >= 0.6 is 0 Å². The first-order valence-electron chi connectivity index (χ1n) is 2.21. The minimum absolute atomic E-state index is 0.